The van der Waals surface area contributed by atoms with E-state index in [1.807, 2.05) is 0 Å². The van der Waals surface area contributed by atoms with Gasteiger partial charge in [-0.2, -0.15) is 0 Å². The Morgan fingerprint density at radius 2 is 1.78 bits per heavy atom. The summed E-state index contributed by atoms with van der Waals surface area (Å²) in [4.78, 5) is 12.0. The average molecular weight is 319 g/mol. The Balaban J connectivity index is 1.59. The van der Waals surface area contributed by atoms with E-state index in [0.717, 1.165) is 43.6 Å². The molecule has 0 aromatic carbocycles. The van der Waals surface area contributed by atoms with E-state index >= 15 is 0 Å². The van der Waals surface area contributed by atoms with Crippen LogP contribution in [0.3, 0.4) is 0 Å². The molecule has 23 heavy (non-hydrogen) atoms. The number of ether oxygens (including phenoxy) is 1. The summed E-state index contributed by atoms with van der Waals surface area (Å²) >= 11 is 0. The van der Waals surface area contributed by atoms with Gasteiger partial charge in [0.05, 0.1) is 6.10 Å². The van der Waals surface area contributed by atoms with Gasteiger partial charge in [-0.25, -0.2) is 0 Å². The fourth-order valence-corrected chi connectivity index (χ4v) is 7.47. The van der Waals surface area contributed by atoms with Crippen LogP contribution in [0.4, 0.5) is 0 Å². The Morgan fingerprint density at radius 1 is 1.00 bits per heavy atom. The highest BCUT2D eigenvalue weighted by molar-refractivity contribution is 5.79. The van der Waals surface area contributed by atoms with Crippen molar-refractivity contribution in [3.05, 3.63) is 0 Å². The van der Waals surface area contributed by atoms with Gasteiger partial charge in [-0.1, -0.05) is 13.8 Å². The summed E-state index contributed by atoms with van der Waals surface area (Å²) in [5, 5.41) is 0. The van der Waals surface area contributed by atoms with Gasteiger partial charge in [-0.15, -0.1) is 0 Å². The first-order valence-electron chi connectivity index (χ1n) is 10.1. The molecule has 2 nitrogen and oxygen atoms in total. The largest absolute Gasteiger partial charge is 0.378 e. The van der Waals surface area contributed by atoms with Crippen molar-refractivity contribution < 1.29 is 9.53 Å². The van der Waals surface area contributed by atoms with Crippen LogP contribution in [0, 0.1) is 34.5 Å². The third kappa shape index (κ3) is 2.27. The molecule has 0 radical (unpaired) electrons. The van der Waals surface area contributed by atoms with Crippen LogP contribution in [-0.2, 0) is 9.53 Å². The molecule has 0 N–H and O–H groups in total. The van der Waals surface area contributed by atoms with Crippen LogP contribution in [0.2, 0.25) is 0 Å². The quantitative estimate of drug-likeness (QED) is 0.716. The topological polar surface area (TPSA) is 26.3 Å². The highest BCUT2D eigenvalue weighted by Crippen LogP contribution is 2.66. The summed E-state index contributed by atoms with van der Waals surface area (Å²) in [6.45, 7) is 8.08. The Kier molecular flexibility index (Phi) is 3.91. The van der Waals surface area contributed by atoms with Gasteiger partial charge in [-0.3, -0.25) is 4.79 Å². The average Bonchev–Trinajstić information content (AvgIpc) is 2.85. The minimum Gasteiger partial charge on any atom is -0.378 e. The summed E-state index contributed by atoms with van der Waals surface area (Å²) in [6.07, 6.45) is 11.4. The van der Waals surface area contributed by atoms with Crippen molar-refractivity contribution in [2.45, 2.75) is 84.7 Å². The molecule has 4 rings (SSSR count). The van der Waals surface area contributed by atoms with Crippen molar-refractivity contribution in [3.63, 3.8) is 0 Å². The normalized spacial score (nSPS) is 52.7. The number of carbonyl (C=O) groups is 1. The number of fused-ring (bicyclic) bond motifs is 5. The first-order valence-corrected chi connectivity index (χ1v) is 10.1. The van der Waals surface area contributed by atoms with Gasteiger partial charge in [0.25, 0.3) is 0 Å². The fraction of sp³-hybridized carbons (Fsp3) is 0.952. The van der Waals surface area contributed by atoms with E-state index in [1.165, 1.54) is 38.5 Å². The van der Waals surface area contributed by atoms with E-state index in [0.29, 0.717) is 28.6 Å². The fourth-order valence-electron chi connectivity index (χ4n) is 7.47. The molecule has 0 spiro atoms. The molecular formula is C21H34O2. The molecular weight excluding hydrogens is 284 g/mol. The van der Waals surface area contributed by atoms with E-state index < -0.39 is 0 Å². The third-order valence-corrected chi connectivity index (χ3v) is 8.76. The maximum absolute atomic E-state index is 12.0. The van der Waals surface area contributed by atoms with Gasteiger partial charge in [0.2, 0.25) is 0 Å². The van der Waals surface area contributed by atoms with Gasteiger partial charge < -0.3 is 4.74 Å². The van der Waals surface area contributed by atoms with Crippen LogP contribution < -0.4 is 0 Å². The Morgan fingerprint density at radius 3 is 2.57 bits per heavy atom. The minimum absolute atomic E-state index is 0.421. The minimum atomic E-state index is 0.421. The Bertz CT molecular complexity index is 486. The number of carbonyl (C=O) groups excluding carboxylic acids is 1. The van der Waals surface area contributed by atoms with Crippen molar-refractivity contribution >= 4 is 5.78 Å². The molecule has 0 aliphatic heterocycles. The lowest BCUT2D eigenvalue weighted by molar-refractivity contribution is -0.144. The SMILES string of the molecule is CCO[C@H]1CC[C@H]2[C@@H]3CCC4CC(=O)CC[C@]4(C)[C@H]3CC[C@]12C. The van der Waals surface area contributed by atoms with Crippen LogP contribution in [0.1, 0.15) is 78.6 Å². The molecule has 0 saturated heterocycles. The Hall–Kier alpha value is -0.370. The van der Waals surface area contributed by atoms with Crippen molar-refractivity contribution in [2.75, 3.05) is 6.61 Å². The van der Waals surface area contributed by atoms with Crippen LogP contribution in [0.5, 0.6) is 0 Å². The molecule has 4 aliphatic rings. The summed E-state index contributed by atoms with van der Waals surface area (Å²) in [5.74, 6) is 3.84. The zero-order valence-electron chi connectivity index (χ0n) is 15.3. The molecule has 2 heteroatoms. The zero-order chi connectivity index (χ0) is 16.2. The molecule has 4 aliphatic carbocycles. The molecule has 0 aromatic rings. The zero-order valence-corrected chi connectivity index (χ0v) is 15.3. The van der Waals surface area contributed by atoms with Crippen LogP contribution >= 0.6 is 0 Å². The second-order valence-electron chi connectivity index (χ2n) is 9.47. The lowest BCUT2D eigenvalue weighted by Gasteiger charge is -2.60. The summed E-state index contributed by atoms with van der Waals surface area (Å²) < 4.78 is 6.16. The monoisotopic (exact) mass is 318 g/mol. The number of hydrogen-bond acceptors (Lipinski definition) is 2. The van der Waals surface area contributed by atoms with Crippen molar-refractivity contribution in [3.8, 4) is 0 Å². The van der Waals surface area contributed by atoms with Crippen LogP contribution in [0.25, 0.3) is 0 Å². The molecule has 1 unspecified atom stereocenters. The number of ketones is 1. The van der Waals surface area contributed by atoms with Crippen LogP contribution in [-0.4, -0.2) is 18.5 Å². The molecule has 0 amide bonds. The number of hydrogen-bond donors (Lipinski definition) is 0. The third-order valence-electron chi connectivity index (χ3n) is 8.76. The summed E-state index contributed by atoms with van der Waals surface area (Å²) in [6, 6.07) is 0. The van der Waals surface area contributed by atoms with Gasteiger partial charge >= 0.3 is 0 Å². The second-order valence-corrected chi connectivity index (χ2v) is 9.47. The van der Waals surface area contributed by atoms with E-state index in [2.05, 4.69) is 20.8 Å². The smallest absolute Gasteiger partial charge is 0.133 e. The predicted octanol–water partition coefficient (Wildman–Crippen LogP) is 5.00. The van der Waals surface area contributed by atoms with E-state index in [-0.39, 0.29) is 0 Å². The molecule has 7 atom stereocenters. The van der Waals surface area contributed by atoms with E-state index in [9.17, 15) is 4.79 Å². The highest BCUT2D eigenvalue weighted by atomic mass is 16.5. The van der Waals surface area contributed by atoms with E-state index in [1.54, 1.807) is 0 Å². The maximum Gasteiger partial charge on any atom is 0.133 e. The lowest BCUT2D eigenvalue weighted by atomic mass is 9.45. The summed E-state index contributed by atoms with van der Waals surface area (Å²) in [7, 11) is 0. The standard InChI is InChI=1S/C21H34O2/c1-4-23-19-8-7-17-16-6-5-14-13-15(22)9-11-20(14,2)18(16)10-12-21(17,19)3/h14,16-19H,4-13H2,1-3H3/t14?,16-,17-,18-,19-,20-,21-/m0/s1. The van der Waals surface area contributed by atoms with Crippen LogP contribution in [0.15, 0.2) is 0 Å². The second kappa shape index (κ2) is 5.58. The van der Waals surface area contributed by atoms with Crippen molar-refractivity contribution in [1.29, 1.82) is 0 Å². The Labute approximate surface area is 141 Å². The van der Waals surface area contributed by atoms with Gasteiger partial charge in [0.1, 0.15) is 5.78 Å². The molecule has 0 heterocycles. The maximum atomic E-state index is 12.0. The molecule has 0 bridgehead atoms. The molecule has 0 aromatic heterocycles. The number of Topliss-reactive ketones (excluding diaryl/α,β-unsaturated/α-hetero) is 1. The van der Waals surface area contributed by atoms with Gasteiger partial charge in [0.15, 0.2) is 0 Å². The predicted molar refractivity (Wildman–Crippen MR) is 92.1 cm³/mol. The molecule has 4 fully saturated rings. The highest BCUT2D eigenvalue weighted by Gasteiger charge is 2.60. The molecule has 4 saturated carbocycles. The lowest BCUT2D eigenvalue weighted by Crippen LogP contribution is -2.54. The number of rotatable bonds is 2. The first-order chi connectivity index (χ1) is 11.0. The van der Waals surface area contributed by atoms with Crippen molar-refractivity contribution in [1.82, 2.24) is 0 Å². The molecule has 130 valence electrons. The van der Waals surface area contributed by atoms with Gasteiger partial charge in [-0.05, 0) is 86.4 Å². The van der Waals surface area contributed by atoms with Gasteiger partial charge in [0, 0.05) is 19.4 Å². The van der Waals surface area contributed by atoms with E-state index in [4.69, 9.17) is 4.74 Å². The van der Waals surface area contributed by atoms with Crippen molar-refractivity contribution in [2.24, 2.45) is 34.5 Å². The summed E-state index contributed by atoms with van der Waals surface area (Å²) in [5.41, 5.74) is 0.868. The first kappa shape index (κ1) is 16.1.